The summed E-state index contributed by atoms with van der Waals surface area (Å²) in [6.45, 7) is 4.70. The van der Waals surface area contributed by atoms with Crippen LogP contribution in [0.5, 0.6) is 0 Å². The van der Waals surface area contributed by atoms with Gasteiger partial charge in [0.2, 0.25) is 0 Å². The first-order valence-corrected chi connectivity index (χ1v) is 7.08. The van der Waals surface area contributed by atoms with E-state index in [0.717, 1.165) is 31.3 Å². The van der Waals surface area contributed by atoms with Crippen LogP contribution in [-0.2, 0) is 6.54 Å². The Balaban J connectivity index is 2.06. The molecule has 1 aromatic heterocycles. The number of aromatic nitrogens is 1. The van der Waals surface area contributed by atoms with Gasteiger partial charge in [-0.15, -0.1) is 0 Å². The number of hydrogen-bond acceptors (Lipinski definition) is 3. The molecule has 5 heteroatoms. The van der Waals surface area contributed by atoms with Crippen molar-refractivity contribution >= 4 is 16.6 Å². The molecule has 5 nitrogen and oxygen atoms in total. The third kappa shape index (κ3) is 3.40. The summed E-state index contributed by atoms with van der Waals surface area (Å²) in [4.78, 5) is 10.6. The second-order valence-corrected chi connectivity index (χ2v) is 5.93. The molecule has 2 rings (SSSR count). The van der Waals surface area contributed by atoms with Crippen molar-refractivity contribution in [1.29, 1.82) is 5.26 Å². The first-order valence-electron chi connectivity index (χ1n) is 7.08. The predicted octanol–water partition coefficient (Wildman–Crippen LogP) is 4.27. The summed E-state index contributed by atoms with van der Waals surface area (Å²) in [5.74, 6) is 0. The molecule has 0 aliphatic rings. The zero-order chi connectivity index (χ0) is 15.5. The fourth-order valence-electron chi connectivity index (χ4n) is 2.47. The third-order valence-corrected chi connectivity index (χ3v) is 3.74. The largest absolute Gasteiger partial charge is 0.347 e. The summed E-state index contributed by atoms with van der Waals surface area (Å²) in [5.41, 5.74) is 0.762. The van der Waals surface area contributed by atoms with E-state index in [1.54, 1.807) is 12.1 Å². The standard InChI is InChI=1S/C16H19N3O2/c1-16(2,12-17)9-3-4-10-18-11-8-13-14(18)6-5-7-15(13)19(20)21/h5-8,11H,3-4,9-10H2,1-2H3. The molecule has 0 amide bonds. The lowest BCUT2D eigenvalue weighted by Gasteiger charge is -2.14. The Morgan fingerprint density at radius 1 is 1.33 bits per heavy atom. The maximum absolute atomic E-state index is 11.0. The summed E-state index contributed by atoms with van der Waals surface area (Å²) in [7, 11) is 0. The van der Waals surface area contributed by atoms with Crippen molar-refractivity contribution < 1.29 is 4.92 Å². The molecule has 110 valence electrons. The van der Waals surface area contributed by atoms with Crippen LogP contribution in [0.3, 0.4) is 0 Å². The normalized spacial score (nSPS) is 11.5. The molecule has 1 heterocycles. The molecule has 0 aliphatic heterocycles. The van der Waals surface area contributed by atoms with E-state index in [9.17, 15) is 10.1 Å². The number of nitrogens with zero attached hydrogens (tertiary/aromatic N) is 3. The third-order valence-electron chi connectivity index (χ3n) is 3.74. The lowest BCUT2D eigenvalue weighted by molar-refractivity contribution is -0.383. The van der Waals surface area contributed by atoms with Crippen LogP contribution < -0.4 is 0 Å². The molecule has 0 atom stereocenters. The topological polar surface area (TPSA) is 71.9 Å². The Morgan fingerprint density at radius 3 is 2.76 bits per heavy atom. The highest BCUT2D eigenvalue weighted by Crippen LogP contribution is 2.27. The van der Waals surface area contributed by atoms with Gasteiger partial charge < -0.3 is 4.57 Å². The van der Waals surface area contributed by atoms with Crippen LogP contribution in [0, 0.1) is 26.9 Å². The second-order valence-electron chi connectivity index (χ2n) is 5.93. The molecule has 0 aliphatic carbocycles. The van der Waals surface area contributed by atoms with E-state index >= 15 is 0 Å². The van der Waals surface area contributed by atoms with Crippen LogP contribution in [0.2, 0.25) is 0 Å². The fourth-order valence-corrected chi connectivity index (χ4v) is 2.47. The minimum absolute atomic E-state index is 0.150. The highest BCUT2D eigenvalue weighted by atomic mass is 16.6. The van der Waals surface area contributed by atoms with E-state index < -0.39 is 0 Å². The Hall–Kier alpha value is -2.35. The van der Waals surface area contributed by atoms with E-state index in [4.69, 9.17) is 5.26 Å². The van der Waals surface area contributed by atoms with Crippen molar-refractivity contribution in [1.82, 2.24) is 4.57 Å². The monoisotopic (exact) mass is 285 g/mol. The second kappa shape index (κ2) is 5.96. The molecule has 0 saturated carbocycles. The lowest BCUT2D eigenvalue weighted by atomic mass is 9.89. The summed E-state index contributed by atoms with van der Waals surface area (Å²) >= 11 is 0. The van der Waals surface area contributed by atoms with Gasteiger partial charge in [-0.05, 0) is 38.8 Å². The number of rotatable bonds is 6. The van der Waals surface area contributed by atoms with Gasteiger partial charge in [0.05, 0.1) is 27.3 Å². The van der Waals surface area contributed by atoms with Crippen molar-refractivity contribution in [2.75, 3.05) is 0 Å². The van der Waals surface area contributed by atoms with Gasteiger partial charge in [-0.1, -0.05) is 12.5 Å². The zero-order valence-corrected chi connectivity index (χ0v) is 12.4. The van der Waals surface area contributed by atoms with Crippen molar-refractivity contribution in [3.63, 3.8) is 0 Å². The smallest absolute Gasteiger partial charge is 0.278 e. The number of non-ortho nitro benzene ring substituents is 1. The van der Waals surface area contributed by atoms with Gasteiger partial charge in [-0.3, -0.25) is 10.1 Å². The van der Waals surface area contributed by atoms with Crippen molar-refractivity contribution in [2.45, 2.75) is 39.7 Å². The molecular weight excluding hydrogens is 266 g/mol. The number of nitro benzene ring substituents is 1. The molecule has 0 bridgehead atoms. The molecule has 0 unspecified atom stereocenters. The minimum Gasteiger partial charge on any atom is -0.347 e. The number of unbranched alkanes of at least 4 members (excludes halogenated alkanes) is 1. The van der Waals surface area contributed by atoms with Crippen LogP contribution in [-0.4, -0.2) is 9.49 Å². The van der Waals surface area contributed by atoms with Crippen LogP contribution in [0.25, 0.3) is 10.9 Å². The number of nitriles is 1. The lowest BCUT2D eigenvalue weighted by Crippen LogP contribution is -2.08. The Morgan fingerprint density at radius 2 is 2.10 bits per heavy atom. The van der Waals surface area contributed by atoms with E-state index in [1.807, 2.05) is 30.7 Å². The zero-order valence-electron chi connectivity index (χ0n) is 12.4. The molecule has 0 fully saturated rings. The maximum Gasteiger partial charge on any atom is 0.278 e. The molecule has 0 spiro atoms. The predicted molar refractivity (Wildman–Crippen MR) is 81.8 cm³/mol. The van der Waals surface area contributed by atoms with Gasteiger partial charge >= 0.3 is 0 Å². The molecule has 0 N–H and O–H groups in total. The van der Waals surface area contributed by atoms with E-state index in [0.29, 0.717) is 5.39 Å². The van der Waals surface area contributed by atoms with Crippen molar-refractivity contribution in [2.24, 2.45) is 5.41 Å². The van der Waals surface area contributed by atoms with Crippen LogP contribution in [0.4, 0.5) is 5.69 Å². The van der Waals surface area contributed by atoms with Gasteiger partial charge in [0.25, 0.3) is 5.69 Å². The first-order chi connectivity index (χ1) is 9.94. The highest BCUT2D eigenvalue weighted by molar-refractivity contribution is 5.89. The van der Waals surface area contributed by atoms with Crippen LogP contribution in [0.15, 0.2) is 30.5 Å². The van der Waals surface area contributed by atoms with Crippen LogP contribution >= 0.6 is 0 Å². The number of aryl methyl sites for hydroxylation is 1. The molecular formula is C16H19N3O2. The average molecular weight is 285 g/mol. The van der Waals surface area contributed by atoms with Crippen molar-refractivity contribution in [3.05, 3.63) is 40.6 Å². The molecule has 0 radical (unpaired) electrons. The minimum atomic E-state index is -0.345. The Bertz CT molecular complexity index is 695. The number of benzene rings is 1. The van der Waals surface area contributed by atoms with E-state index in [-0.39, 0.29) is 16.0 Å². The Kier molecular flexibility index (Phi) is 4.27. The maximum atomic E-state index is 11.0. The molecule has 2 aromatic rings. The summed E-state index contributed by atoms with van der Waals surface area (Å²) in [6.07, 6.45) is 4.68. The summed E-state index contributed by atoms with van der Waals surface area (Å²) in [5, 5.41) is 20.7. The van der Waals surface area contributed by atoms with Crippen LogP contribution in [0.1, 0.15) is 33.1 Å². The van der Waals surface area contributed by atoms with Gasteiger partial charge in [-0.25, -0.2) is 0 Å². The van der Waals surface area contributed by atoms with Gasteiger partial charge in [0.1, 0.15) is 0 Å². The summed E-state index contributed by atoms with van der Waals surface area (Å²) in [6, 6.07) is 9.25. The Labute approximate surface area is 123 Å². The van der Waals surface area contributed by atoms with Gasteiger partial charge in [0, 0.05) is 18.8 Å². The average Bonchev–Trinajstić information content (AvgIpc) is 2.86. The molecule has 1 aromatic carbocycles. The molecule has 0 saturated heterocycles. The summed E-state index contributed by atoms with van der Waals surface area (Å²) < 4.78 is 2.04. The van der Waals surface area contributed by atoms with Gasteiger partial charge in [0.15, 0.2) is 0 Å². The highest BCUT2D eigenvalue weighted by Gasteiger charge is 2.16. The quantitative estimate of drug-likeness (QED) is 0.452. The number of hydrogen-bond donors (Lipinski definition) is 0. The van der Waals surface area contributed by atoms with Gasteiger partial charge in [-0.2, -0.15) is 5.26 Å². The number of nitro groups is 1. The fraction of sp³-hybridized carbons (Fsp3) is 0.438. The van der Waals surface area contributed by atoms with E-state index in [1.165, 1.54) is 6.07 Å². The number of fused-ring (bicyclic) bond motifs is 1. The van der Waals surface area contributed by atoms with Crippen molar-refractivity contribution in [3.8, 4) is 6.07 Å². The SMILES string of the molecule is CC(C)(C#N)CCCCn1ccc2c([N+](=O)[O-])cccc21. The molecule has 21 heavy (non-hydrogen) atoms. The van der Waals surface area contributed by atoms with E-state index in [2.05, 4.69) is 6.07 Å². The first kappa shape index (κ1) is 15.0.